The monoisotopic (exact) mass is 125 g/mol. The van der Waals surface area contributed by atoms with Crippen LogP contribution in [0.3, 0.4) is 0 Å². The van der Waals surface area contributed by atoms with Crippen molar-refractivity contribution in [2.45, 2.75) is 32.2 Å². The Labute approximate surface area is 56.9 Å². The van der Waals surface area contributed by atoms with Crippen LogP contribution in [0.2, 0.25) is 0 Å². The van der Waals surface area contributed by atoms with Crippen LogP contribution in [0.15, 0.2) is 12.2 Å². The minimum Gasteiger partial charge on any atom is -0.324 e. The van der Waals surface area contributed by atoms with Crippen molar-refractivity contribution in [1.82, 2.24) is 0 Å². The first-order valence-electron chi connectivity index (χ1n) is 3.77. The summed E-state index contributed by atoms with van der Waals surface area (Å²) in [5.74, 6) is 0.745. The first-order chi connectivity index (χ1) is 4.34. The Morgan fingerprint density at radius 3 is 2.89 bits per heavy atom. The molecule has 1 aliphatic rings. The Hall–Kier alpha value is -0.300. The van der Waals surface area contributed by atoms with Gasteiger partial charge in [-0.3, -0.25) is 0 Å². The summed E-state index contributed by atoms with van der Waals surface area (Å²) in [7, 11) is 0. The van der Waals surface area contributed by atoms with Crippen LogP contribution in [0, 0.1) is 5.92 Å². The van der Waals surface area contributed by atoms with Crippen molar-refractivity contribution in [2.75, 3.05) is 0 Å². The zero-order valence-electron chi connectivity index (χ0n) is 6.01. The molecule has 2 N–H and O–H groups in total. The topological polar surface area (TPSA) is 26.0 Å². The van der Waals surface area contributed by atoms with Crippen LogP contribution in [0.4, 0.5) is 0 Å². The van der Waals surface area contributed by atoms with Crippen LogP contribution in [0.1, 0.15) is 26.2 Å². The molecular weight excluding hydrogens is 110 g/mol. The third kappa shape index (κ3) is 1.55. The molecule has 2 atom stereocenters. The van der Waals surface area contributed by atoms with Crippen LogP contribution in [0.5, 0.6) is 0 Å². The molecule has 0 fully saturated rings. The maximum absolute atomic E-state index is 5.80. The fourth-order valence-electron chi connectivity index (χ4n) is 1.39. The zero-order chi connectivity index (χ0) is 6.69. The van der Waals surface area contributed by atoms with E-state index < -0.39 is 0 Å². The molecule has 0 aromatic heterocycles. The van der Waals surface area contributed by atoms with Gasteiger partial charge in [-0.25, -0.2) is 0 Å². The van der Waals surface area contributed by atoms with E-state index in [0.29, 0.717) is 6.04 Å². The van der Waals surface area contributed by atoms with Gasteiger partial charge in [-0.2, -0.15) is 0 Å². The van der Waals surface area contributed by atoms with Crippen molar-refractivity contribution in [3.63, 3.8) is 0 Å². The number of hydrogen-bond donors (Lipinski definition) is 1. The summed E-state index contributed by atoms with van der Waals surface area (Å²) < 4.78 is 0. The maximum Gasteiger partial charge on any atom is 0.0252 e. The molecule has 0 aromatic rings. The quantitative estimate of drug-likeness (QED) is 0.530. The third-order valence-electron chi connectivity index (χ3n) is 2.13. The molecule has 0 aromatic carbocycles. The second-order valence-electron chi connectivity index (χ2n) is 2.75. The van der Waals surface area contributed by atoms with E-state index in [1.807, 2.05) is 0 Å². The van der Waals surface area contributed by atoms with Gasteiger partial charge in [-0.05, 0) is 18.8 Å². The molecule has 0 aliphatic heterocycles. The predicted molar refractivity (Wildman–Crippen MR) is 40.1 cm³/mol. The van der Waals surface area contributed by atoms with Gasteiger partial charge in [0.15, 0.2) is 0 Å². The normalized spacial score (nSPS) is 34.9. The average molecular weight is 125 g/mol. The minimum atomic E-state index is 0.337. The summed E-state index contributed by atoms with van der Waals surface area (Å²) >= 11 is 0. The highest BCUT2D eigenvalue weighted by atomic mass is 14.6. The SMILES string of the molecule is CC[C@@H]1CCC=C[C@@H]1N. The Kier molecular flexibility index (Phi) is 2.29. The molecular formula is C8H15N. The molecule has 0 saturated carbocycles. The lowest BCUT2D eigenvalue weighted by Crippen LogP contribution is -2.29. The van der Waals surface area contributed by atoms with E-state index in [1.54, 1.807) is 0 Å². The van der Waals surface area contributed by atoms with Crippen molar-refractivity contribution in [3.8, 4) is 0 Å². The van der Waals surface area contributed by atoms with Gasteiger partial charge >= 0.3 is 0 Å². The summed E-state index contributed by atoms with van der Waals surface area (Å²) in [5, 5.41) is 0. The van der Waals surface area contributed by atoms with E-state index in [9.17, 15) is 0 Å². The molecule has 1 nitrogen and oxygen atoms in total. The first-order valence-corrected chi connectivity index (χ1v) is 3.77. The van der Waals surface area contributed by atoms with E-state index in [0.717, 1.165) is 5.92 Å². The standard InChI is InChI=1S/C8H15N/c1-2-7-5-3-4-6-8(7)9/h4,6-8H,2-3,5,9H2,1H3/t7-,8+/m1/s1. The lowest BCUT2D eigenvalue weighted by atomic mass is 9.88. The summed E-state index contributed by atoms with van der Waals surface area (Å²) in [5.41, 5.74) is 5.80. The summed E-state index contributed by atoms with van der Waals surface area (Å²) in [4.78, 5) is 0. The lowest BCUT2D eigenvalue weighted by molar-refractivity contribution is 0.415. The highest BCUT2D eigenvalue weighted by molar-refractivity contribution is 4.99. The molecule has 0 saturated heterocycles. The van der Waals surface area contributed by atoms with Gasteiger partial charge in [0.2, 0.25) is 0 Å². The second kappa shape index (κ2) is 3.02. The Balaban J connectivity index is 2.44. The molecule has 0 heterocycles. The molecule has 9 heavy (non-hydrogen) atoms. The average Bonchev–Trinajstić information content (AvgIpc) is 1.89. The van der Waals surface area contributed by atoms with Crippen molar-refractivity contribution in [3.05, 3.63) is 12.2 Å². The second-order valence-corrected chi connectivity index (χ2v) is 2.75. The molecule has 0 spiro atoms. The molecule has 0 unspecified atom stereocenters. The molecule has 1 rings (SSSR count). The van der Waals surface area contributed by atoms with Crippen molar-refractivity contribution in [1.29, 1.82) is 0 Å². The summed E-state index contributed by atoms with van der Waals surface area (Å²) in [6.45, 7) is 2.21. The van der Waals surface area contributed by atoms with E-state index in [-0.39, 0.29) is 0 Å². The molecule has 0 radical (unpaired) electrons. The van der Waals surface area contributed by atoms with Gasteiger partial charge in [-0.15, -0.1) is 0 Å². The smallest absolute Gasteiger partial charge is 0.0252 e. The van der Waals surface area contributed by atoms with Crippen LogP contribution in [-0.2, 0) is 0 Å². The summed E-state index contributed by atoms with van der Waals surface area (Å²) in [6.07, 6.45) is 8.07. The van der Waals surface area contributed by atoms with Gasteiger partial charge in [0.05, 0.1) is 0 Å². The summed E-state index contributed by atoms with van der Waals surface area (Å²) in [6, 6.07) is 0.337. The van der Waals surface area contributed by atoms with Gasteiger partial charge < -0.3 is 5.73 Å². The minimum absolute atomic E-state index is 0.337. The van der Waals surface area contributed by atoms with E-state index in [4.69, 9.17) is 5.73 Å². The van der Waals surface area contributed by atoms with Crippen LogP contribution >= 0.6 is 0 Å². The van der Waals surface area contributed by atoms with E-state index in [1.165, 1.54) is 19.3 Å². The lowest BCUT2D eigenvalue weighted by Gasteiger charge is -2.22. The number of hydrogen-bond acceptors (Lipinski definition) is 1. The van der Waals surface area contributed by atoms with Gasteiger partial charge in [-0.1, -0.05) is 25.5 Å². The van der Waals surface area contributed by atoms with Crippen LogP contribution in [0.25, 0.3) is 0 Å². The number of rotatable bonds is 1. The molecule has 0 amide bonds. The highest BCUT2D eigenvalue weighted by Gasteiger charge is 2.14. The Bertz CT molecular complexity index is 107. The maximum atomic E-state index is 5.80. The number of nitrogens with two attached hydrogens (primary N) is 1. The van der Waals surface area contributed by atoms with Crippen LogP contribution < -0.4 is 5.73 Å². The van der Waals surface area contributed by atoms with E-state index >= 15 is 0 Å². The third-order valence-corrected chi connectivity index (χ3v) is 2.13. The molecule has 1 heteroatoms. The number of allylic oxidation sites excluding steroid dienone is 1. The van der Waals surface area contributed by atoms with Crippen LogP contribution in [-0.4, -0.2) is 6.04 Å². The van der Waals surface area contributed by atoms with Crippen molar-refractivity contribution in [2.24, 2.45) is 11.7 Å². The van der Waals surface area contributed by atoms with Gasteiger partial charge in [0.25, 0.3) is 0 Å². The predicted octanol–water partition coefficient (Wildman–Crippen LogP) is 1.69. The first kappa shape index (κ1) is 6.81. The fraction of sp³-hybridized carbons (Fsp3) is 0.750. The fourth-order valence-corrected chi connectivity index (χ4v) is 1.39. The van der Waals surface area contributed by atoms with Crippen molar-refractivity contribution >= 4 is 0 Å². The molecule has 1 aliphatic carbocycles. The molecule has 52 valence electrons. The van der Waals surface area contributed by atoms with E-state index in [2.05, 4.69) is 19.1 Å². The highest BCUT2D eigenvalue weighted by Crippen LogP contribution is 2.19. The zero-order valence-corrected chi connectivity index (χ0v) is 6.01. The Morgan fingerprint density at radius 2 is 2.44 bits per heavy atom. The Morgan fingerprint density at radius 1 is 1.67 bits per heavy atom. The van der Waals surface area contributed by atoms with Gasteiger partial charge in [0.1, 0.15) is 0 Å². The molecule has 0 bridgehead atoms. The van der Waals surface area contributed by atoms with Gasteiger partial charge in [0, 0.05) is 6.04 Å². The van der Waals surface area contributed by atoms with Crippen molar-refractivity contribution < 1.29 is 0 Å². The largest absolute Gasteiger partial charge is 0.324 e.